The van der Waals surface area contributed by atoms with Gasteiger partial charge in [0, 0.05) is 38.8 Å². The molecule has 0 unspecified atom stereocenters. The predicted octanol–water partition coefficient (Wildman–Crippen LogP) is 1.42. The summed E-state index contributed by atoms with van der Waals surface area (Å²) in [7, 11) is 1.59. The van der Waals surface area contributed by atoms with E-state index in [1.54, 1.807) is 11.9 Å². The lowest BCUT2D eigenvalue weighted by atomic mass is 10.2. The minimum Gasteiger partial charge on any atom is -0.323 e. The summed E-state index contributed by atoms with van der Waals surface area (Å²) < 4.78 is 26.6. The van der Waals surface area contributed by atoms with Crippen LogP contribution in [0.5, 0.6) is 0 Å². The van der Waals surface area contributed by atoms with Crippen molar-refractivity contribution in [3.05, 3.63) is 35.4 Å². The van der Waals surface area contributed by atoms with E-state index in [1.807, 2.05) is 0 Å². The van der Waals surface area contributed by atoms with E-state index in [1.165, 1.54) is 4.90 Å². The highest BCUT2D eigenvalue weighted by Gasteiger charge is 2.20. The molecule has 1 aliphatic heterocycles. The number of carbonyl (C=O) groups excluding carboxylic acids is 1. The van der Waals surface area contributed by atoms with E-state index >= 15 is 0 Å². The zero-order chi connectivity index (χ0) is 13.8. The van der Waals surface area contributed by atoms with Crippen LogP contribution in [0.4, 0.5) is 13.6 Å². The van der Waals surface area contributed by atoms with Gasteiger partial charge in [0.1, 0.15) is 11.6 Å². The molecule has 0 bridgehead atoms. The number of hydrogen-bond donors (Lipinski definition) is 1. The Kier molecular flexibility index (Phi) is 4.31. The second kappa shape index (κ2) is 5.97. The maximum absolute atomic E-state index is 13.5. The molecule has 0 atom stereocenters. The van der Waals surface area contributed by atoms with Gasteiger partial charge in [0.05, 0.1) is 6.54 Å². The molecule has 1 aromatic carbocycles. The van der Waals surface area contributed by atoms with E-state index in [0.717, 1.165) is 31.3 Å². The van der Waals surface area contributed by atoms with Crippen molar-refractivity contribution in [2.45, 2.75) is 6.54 Å². The fourth-order valence-electron chi connectivity index (χ4n) is 2.09. The summed E-state index contributed by atoms with van der Waals surface area (Å²) >= 11 is 0. The summed E-state index contributed by atoms with van der Waals surface area (Å²) in [5, 5.41) is 3.15. The molecule has 0 saturated carbocycles. The SMILES string of the molecule is CN(Cc1cc(F)ccc1F)C(=O)N1CCNCC1. The third-order valence-corrected chi connectivity index (χ3v) is 3.13. The van der Waals surface area contributed by atoms with Crippen molar-refractivity contribution in [3.63, 3.8) is 0 Å². The first-order valence-electron chi connectivity index (χ1n) is 6.22. The molecule has 2 amide bonds. The Morgan fingerprint density at radius 2 is 2.05 bits per heavy atom. The van der Waals surface area contributed by atoms with Gasteiger partial charge in [-0.1, -0.05) is 0 Å². The Morgan fingerprint density at radius 3 is 2.74 bits per heavy atom. The summed E-state index contributed by atoms with van der Waals surface area (Å²) in [6.07, 6.45) is 0. The maximum Gasteiger partial charge on any atom is 0.320 e. The average molecular weight is 269 g/mol. The van der Waals surface area contributed by atoms with Crippen molar-refractivity contribution in [2.75, 3.05) is 33.2 Å². The first-order chi connectivity index (χ1) is 9.08. The summed E-state index contributed by atoms with van der Waals surface area (Å²) in [5.74, 6) is -0.999. The van der Waals surface area contributed by atoms with Gasteiger partial charge < -0.3 is 15.1 Å². The summed E-state index contributed by atoms with van der Waals surface area (Å²) in [6, 6.07) is 3.10. The standard InChI is InChI=1S/C13H17F2N3O/c1-17(13(19)18-6-4-16-5-7-18)9-10-8-11(14)2-3-12(10)15/h2-3,8,16H,4-7,9H2,1H3. The number of urea groups is 1. The lowest BCUT2D eigenvalue weighted by Gasteiger charge is -2.31. The minimum absolute atomic E-state index is 0.0619. The minimum atomic E-state index is -0.501. The summed E-state index contributed by atoms with van der Waals surface area (Å²) in [5.41, 5.74) is 0.186. The van der Waals surface area contributed by atoms with Crippen LogP contribution in [-0.2, 0) is 6.54 Å². The second-order valence-corrected chi connectivity index (χ2v) is 4.61. The number of nitrogens with zero attached hydrogens (tertiary/aromatic N) is 2. The highest BCUT2D eigenvalue weighted by atomic mass is 19.1. The number of nitrogens with one attached hydrogen (secondary N) is 1. The van der Waals surface area contributed by atoms with Gasteiger partial charge >= 0.3 is 6.03 Å². The highest BCUT2D eigenvalue weighted by molar-refractivity contribution is 5.74. The van der Waals surface area contributed by atoms with Gasteiger partial charge in [0.25, 0.3) is 0 Å². The lowest BCUT2D eigenvalue weighted by Crippen LogP contribution is -2.50. The topological polar surface area (TPSA) is 35.6 Å². The number of amides is 2. The van der Waals surface area contributed by atoms with Crippen molar-refractivity contribution in [1.82, 2.24) is 15.1 Å². The molecule has 1 heterocycles. The van der Waals surface area contributed by atoms with Crippen LogP contribution in [0.15, 0.2) is 18.2 Å². The number of piperazine rings is 1. The third kappa shape index (κ3) is 3.41. The van der Waals surface area contributed by atoms with Gasteiger partial charge in [-0.05, 0) is 18.2 Å². The van der Waals surface area contributed by atoms with Gasteiger partial charge in [-0.25, -0.2) is 13.6 Å². The van der Waals surface area contributed by atoms with E-state index in [9.17, 15) is 13.6 Å². The van der Waals surface area contributed by atoms with Gasteiger partial charge in [-0.2, -0.15) is 0 Å². The molecule has 0 radical (unpaired) electrons. The molecule has 104 valence electrons. The third-order valence-electron chi connectivity index (χ3n) is 3.13. The summed E-state index contributed by atoms with van der Waals surface area (Å²) in [4.78, 5) is 15.2. The van der Waals surface area contributed by atoms with Gasteiger partial charge in [0.15, 0.2) is 0 Å². The molecule has 0 aliphatic carbocycles. The normalized spacial score (nSPS) is 15.4. The van der Waals surface area contributed by atoms with Crippen LogP contribution in [0, 0.1) is 11.6 Å². The van der Waals surface area contributed by atoms with Crippen LogP contribution in [0.25, 0.3) is 0 Å². The zero-order valence-electron chi connectivity index (χ0n) is 10.8. The van der Waals surface area contributed by atoms with E-state index in [4.69, 9.17) is 0 Å². The van der Waals surface area contributed by atoms with Crippen LogP contribution >= 0.6 is 0 Å². The Bertz CT molecular complexity index is 461. The molecule has 1 saturated heterocycles. The molecule has 1 aliphatic rings. The first kappa shape index (κ1) is 13.7. The zero-order valence-corrected chi connectivity index (χ0v) is 10.8. The number of benzene rings is 1. The van der Waals surface area contributed by atoms with E-state index in [0.29, 0.717) is 13.1 Å². The molecular formula is C13H17F2N3O. The van der Waals surface area contributed by atoms with E-state index in [2.05, 4.69) is 5.32 Å². The fraction of sp³-hybridized carbons (Fsp3) is 0.462. The molecule has 2 rings (SSSR count). The smallest absolute Gasteiger partial charge is 0.320 e. The quantitative estimate of drug-likeness (QED) is 0.881. The molecular weight excluding hydrogens is 252 g/mol. The Morgan fingerprint density at radius 1 is 1.37 bits per heavy atom. The summed E-state index contributed by atoms with van der Waals surface area (Å²) in [6.45, 7) is 2.85. The monoisotopic (exact) mass is 269 g/mol. The van der Waals surface area contributed by atoms with Crippen molar-refractivity contribution >= 4 is 6.03 Å². The van der Waals surface area contributed by atoms with Crippen molar-refractivity contribution < 1.29 is 13.6 Å². The first-order valence-corrected chi connectivity index (χ1v) is 6.22. The van der Waals surface area contributed by atoms with Gasteiger partial charge in [-0.3, -0.25) is 0 Å². The van der Waals surface area contributed by atoms with E-state index < -0.39 is 11.6 Å². The Balaban J connectivity index is 2.01. The average Bonchev–Trinajstić information content (AvgIpc) is 2.43. The molecule has 19 heavy (non-hydrogen) atoms. The van der Waals surface area contributed by atoms with Crippen LogP contribution in [-0.4, -0.2) is 49.1 Å². The van der Waals surface area contributed by atoms with E-state index in [-0.39, 0.29) is 18.1 Å². The largest absolute Gasteiger partial charge is 0.323 e. The molecule has 6 heteroatoms. The molecule has 1 aromatic rings. The molecule has 1 N–H and O–H groups in total. The van der Waals surface area contributed by atoms with Crippen LogP contribution in [0.1, 0.15) is 5.56 Å². The van der Waals surface area contributed by atoms with Crippen molar-refractivity contribution in [1.29, 1.82) is 0 Å². The molecule has 1 fully saturated rings. The maximum atomic E-state index is 13.5. The molecule has 4 nitrogen and oxygen atoms in total. The number of halogens is 2. The van der Waals surface area contributed by atoms with Gasteiger partial charge in [0.2, 0.25) is 0 Å². The fourth-order valence-corrected chi connectivity index (χ4v) is 2.09. The Labute approximate surface area is 111 Å². The van der Waals surface area contributed by atoms with Crippen LogP contribution < -0.4 is 5.32 Å². The number of rotatable bonds is 2. The van der Waals surface area contributed by atoms with Crippen LogP contribution in [0.3, 0.4) is 0 Å². The van der Waals surface area contributed by atoms with Gasteiger partial charge in [-0.15, -0.1) is 0 Å². The number of hydrogen-bond acceptors (Lipinski definition) is 2. The van der Waals surface area contributed by atoms with Crippen LogP contribution in [0.2, 0.25) is 0 Å². The predicted molar refractivity (Wildman–Crippen MR) is 67.7 cm³/mol. The molecule has 0 aromatic heterocycles. The lowest BCUT2D eigenvalue weighted by molar-refractivity contribution is 0.153. The van der Waals surface area contributed by atoms with Crippen molar-refractivity contribution in [3.8, 4) is 0 Å². The number of carbonyl (C=O) groups is 1. The molecule has 0 spiro atoms. The second-order valence-electron chi connectivity index (χ2n) is 4.61. The Hall–Kier alpha value is -1.69. The highest BCUT2D eigenvalue weighted by Crippen LogP contribution is 2.13. The van der Waals surface area contributed by atoms with Crippen molar-refractivity contribution in [2.24, 2.45) is 0 Å².